The molecule has 5 nitrogen and oxygen atoms in total. The summed E-state index contributed by atoms with van der Waals surface area (Å²) in [5, 5.41) is 11.0. The van der Waals surface area contributed by atoms with E-state index in [9.17, 15) is 9.90 Å². The van der Waals surface area contributed by atoms with Crippen LogP contribution in [0.2, 0.25) is 0 Å². The van der Waals surface area contributed by atoms with Crippen molar-refractivity contribution in [2.45, 2.75) is 24.0 Å². The second-order valence-corrected chi connectivity index (χ2v) is 4.78. The lowest BCUT2D eigenvalue weighted by atomic mass is 9.81. The number of aliphatic hydroxyl groups is 1. The van der Waals surface area contributed by atoms with Crippen LogP contribution in [0.5, 0.6) is 0 Å². The van der Waals surface area contributed by atoms with E-state index < -0.39 is 29.3 Å². The molecule has 1 heterocycles. The minimum Gasteiger partial charge on any atom is -0.494 e. The molecule has 0 aromatic heterocycles. The zero-order chi connectivity index (χ0) is 14.0. The van der Waals surface area contributed by atoms with Crippen molar-refractivity contribution in [3.05, 3.63) is 23.7 Å². The molecule has 1 spiro atoms. The number of hydrogen-bond donors (Lipinski definition) is 1. The van der Waals surface area contributed by atoms with Crippen LogP contribution in [-0.4, -0.2) is 42.9 Å². The van der Waals surface area contributed by atoms with Crippen molar-refractivity contribution in [1.29, 1.82) is 0 Å². The zero-order valence-corrected chi connectivity index (χ0v) is 10.4. The highest BCUT2D eigenvalue weighted by molar-refractivity contribution is 6.07. The Morgan fingerprint density at radius 2 is 2.28 bits per heavy atom. The van der Waals surface area contributed by atoms with Gasteiger partial charge < -0.3 is 19.3 Å². The zero-order valence-electron chi connectivity index (χ0n) is 11.4. The van der Waals surface area contributed by atoms with Crippen LogP contribution >= 0.6 is 0 Å². The van der Waals surface area contributed by atoms with Gasteiger partial charge in [0, 0.05) is 13.9 Å². The number of Topliss-reactive ketones (excluding diaryl/α,β-unsaturated/α-hetero) is 1. The van der Waals surface area contributed by atoms with Crippen LogP contribution in [0.1, 0.15) is 14.2 Å². The Kier molecular flexibility index (Phi) is 1.98. The van der Waals surface area contributed by atoms with Crippen LogP contribution < -0.4 is 0 Å². The van der Waals surface area contributed by atoms with E-state index in [1.807, 2.05) is 0 Å². The van der Waals surface area contributed by atoms with Crippen LogP contribution in [0, 0.1) is 5.92 Å². The average Bonchev–Trinajstić information content (AvgIpc) is 2.97. The smallest absolute Gasteiger partial charge is 0.236 e. The summed E-state index contributed by atoms with van der Waals surface area (Å²) in [7, 11) is 2.70. The standard InChI is InChI=1S/C13H16O5/c1-7-6-8-4-5-18-13(8)10(14)9(16-2)11(17-3)12(7,13)15/h8,15H,1,4-6H2,2-3H3/t8-,12-,13+/m1/s1/i6D/t6-,8+,12+,13-/m0. The Morgan fingerprint density at radius 1 is 1.56 bits per heavy atom. The third-order valence-corrected chi connectivity index (χ3v) is 4.17. The summed E-state index contributed by atoms with van der Waals surface area (Å²) in [6.07, 6.45) is -0.213. The molecule has 5 heteroatoms. The first kappa shape index (κ1) is 10.6. The van der Waals surface area contributed by atoms with E-state index in [-0.39, 0.29) is 17.1 Å². The SMILES string of the molecule is [2H][C@H]1C(=C)[C@@]2(O)C(OC)=C(OC)C(=O)[C@]23OCC[C@H]13. The molecule has 1 saturated carbocycles. The molecule has 2 aliphatic carbocycles. The molecule has 3 rings (SSSR count). The highest BCUT2D eigenvalue weighted by atomic mass is 16.6. The lowest BCUT2D eigenvalue weighted by Gasteiger charge is -2.34. The molecule has 3 aliphatic rings. The maximum atomic E-state index is 12.6. The van der Waals surface area contributed by atoms with Crippen LogP contribution in [0.4, 0.5) is 0 Å². The van der Waals surface area contributed by atoms with E-state index >= 15 is 0 Å². The topological polar surface area (TPSA) is 65.0 Å². The van der Waals surface area contributed by atoms with Crippen LogP contribution in [0.3, 0.4) is 0 Å². The molecule has 1 N–H and O–H groups in total. The van der Waals surface area contributed by atoms with E-state index in [2.05, 4.69) is 6.58 Å². The minimum atomic E-state index is -1.79. The Bertz CT molecular complexity index is 513. The van der Waals surface area contributed by atoms with Crippen LogP contribution in [-0.2, 0) is 19.0 Å². The molecule has 98 valence electrons. The van der Waals surface area contributed by atoms with E-state index in [4.69, 9.17) is 15.6 Å². The van der Waals surface area contributed by atoms with Gasteiger partial charge in [0.05, 0.1) is 14.2 Å². The van der Waals surface area contributed by atoms with Gasteiger partial charge >= 0.3 is 0 Å². The Labute approximate surface area is 106 Å². The molecule has 2 fully saturated rings. The van der Waals surface area contributed by atoms with Gasteiger partial charge in [0.2, 0.25) is 11.5 Å². The predicted octanol–water partition coefficient (Wildman–Crippen LogP) is 0.540. The first-order valence-corrected chi connectivity index (χ1v) is 5.82. The molecule has 4 atom stereocenters. The van der Waals surface area contributed by atoms with Gasteiger partial charge in [0.1, 0.15) is 0 Å². The number of ether oxygens (including phenoxy) is 3. The fourth-order valence-corrected chi connectivity index (χ4v) is 3.41. The molecule has 0 aromatic carbocycles. The Balaban J connectivity index is 2.28. The third-order valence-electron chi connectivity index (χ3n) is 4.17. The normalized spacial score (nSPS) is 47.2. The van der Waals surface area contributed by atoms with Gasteiger partial charge in [-0.3, -0.25) is 4.79 Å². The molecule has 0 aromatic rings. The Hall–Kier alpha value is -1.33. The lowest BCUT2D eigenvalue weighted by molar-refractivity contribution is -0.157. The fraction of sp³-hybridized carbons (Fsp3) is 0.615. The maximum absolute atomic E-state index is 12.6. The summed E-state index contributed by atoms with van der Waals surface area (Å²) < 4.78 is 24.0. The summed E-state index contributed by atoms with van der Waals surface area (Å²) in [6.45, 7) is 4.12. The average molecular weight is 253 g/mol. The molecule has 0 unspecified atom stereocenters. The summed E-state index contributed by atoms with van der Waals surface area (Å²) in [4.78, 5) is 12.6. The quantitative estimate of drug-likeness (QED) is 0.728. The molecule has 0 bridgehead atoms. The van der Waals surface area contributed by atoms with Crippen molar-refractivity contribution in [3.63, 3.8) is 0 Å². The molecule has 1 aliphatic heterocycles. The number of ketones is 1. The molecule has 18 heavy (non-hydrogen) atoms. The van der Waals surface area contributed by atoms with E-state index in [1.165, 1.54) is 14.2 Å². The maximum Gasteiger partial charge on any atom is 0.236 e. The molecule has 0 radical (unpaired) electrons. The van der Waals surface area contributed by atoms with Gasteiger partial charge in [-0.05, 0) is 18.4 Å². The minimum absolute atomic E-state index is 0.00616. The number of hydrogen-bond acceptors (Lipinski definition) is 5. The van der Waals surface area contributed by atoms with Crippen molar-refractivity contribution in [1.82, 2.24) is 0 Å². The van der Waals surface area contributed by atoms with Gasteiger partial charge in [0.15, 0.2) is 17.0 Å². The van der Waals surface area contributed by atoms with Crippen LogP contribution in [0.15, 0.2) is 23.7 Å². The number of carbonyl (C=O) groups excluding carboxylic acids is 1. The lowest BCUT2D eigenvalue weighted by Crippen LogP contribution is -2.55. The van der Waals surface area contributed by atoms with Gasteiger partial charge in [0.25, 0.3) is 0 Å². The second kappa shape index (κ2) is 3.36. The highest BCUT2D eigenvalue weighted by Crippen LogP contribution is 2.61. The van der Waals surface area contributed by atoms with Gasteiger partial charge in [-0.25, -0.2) is 0 Å². The van der Waals surface area contributed by atoms with E-state index in [0.717, 1.165) is 0 Å². The predicted molar refractivity (Wildman–Crippen MR) is 61.5 cm³/mol. The molecule has 0 amide bonds. The first-order valence-electron chi connectivity index (χ1n) is 6.40. The number of methoxy groups -OCH3 is 2. The van der Waals surface area contributed by atoms with Gasteiger partial charge in [-0.15, -0.1) is 0 Å². The van der Waals surface area contributed by atoms with Crippen LogP contribution in [0.25, 0.3) is 0 Å². The Morgan fingerprint density at radius 3 is 2.89 bits per heavy atom. The fourth-order valence-electron chi connectivity index (χ4n) is 3.41. The van der Waals surface area contributed by atoms with Crippen molar-refractivity contribution in [3.8, 4) is 0 Å². The van der Waals surface area contributed by atoms with E-state index in [0.29, 0.717) is 13.0 Å². The summed E-state index contributed by atoms with van der Waals surface area (Å²) >= 11 is 0. The van der Waals surface area contributed by atoms with Crippen molar-refractivity contribution < 1.29 is 25.5 Å². The molecular formula is C13H16O5. The third kappa shape index (κ3) is 0.917. The van der Waals surface area contributed by atoms with Crippen molar-refractivity contribution in [2.75, 3.05) is 20.8 Å². The molecule has 1 saturated heterocycles. The molecular weight excluding hydrogens is 236 g/mol. The summed E-state index contributed by atoms with van der Waals surface area (Å²) in [5.41, 5.74) is -3.06. The highest BCUT2D eigenvalue weighted by Gasteiger charge is 2.76. The number of carbonyl (C=O) groups is 1. The van der Waals surface area contributed by atoms with Gasteiger partial charge in [-0.2, -0.15) is 0 Å². The summed E-state index contributed by atoms with van der Waals surface area (Å²) in [5.74, 6) is -0.903. The number of rotatable bonds is 2. The first-order chi connectivity index (χ1) is 8.96. The monoisotopic (exact) mass is 253 g/mol. The van der Waals surface area contributed by atoms with Crippen molar-refractivity contribution >= 4 is 5.78 Å². The second-order valence-electron chi connectivity index (χ2n) is 4.78. The van der Waals surface area contributed by atoms with Gasteiger partial charge in [-0.1, -0.05) is 6.58 Å². The van der Waals surface area contributed by atoms with Crippen molar-refractivity contribution in [2.24, 2.45) is 5.92 Å². The summed E-state index contributed by atoms with van der Waals surface area (Å²) in [6, 6.07) is 0. The van der Waals surface area contributed by atoms with E-state index in [1.54, 1.807) is 0 Å². The largest absolute Gasteiger partial charge is 0.494 e.